The van der Waals surface area contributed by atoms with Crippen molar-refractivity contribution in [2.75, 3.05) is 47.5 Å². The third-order valence-corrected chi connectivity index (χ3v) is 12.2. The minimum atomic E-state index is -4.61. The SMILES string of the molecule is CCCCCCCCCC/C=C\CCCCCCCCCCCCCCCCCCCCCC(=O)OC(COC(=O)CCCCCCC)COP(=O)([O-])OCC[N+](C)(C)C. The van der Waals surface area contributed by atoms with Gasteiger partial charge in [-0.3, -0.25) is 14.2 Å². The Bertz CT molecular complexity index is 1030. The number of hydrogen-bond donors (Lipinski definition) is 0. The van der Waals surface area contributed by atoms with Gasteiger partial charge in [0.25, 0.3) is 7.82 Å². The molecule has 0 aliphatic carbocycles. The molecule has 0 saturated carbocycles. The zero-order valence-electron chi connectivity index (χ0n) is 40.2. The highest BCUT2D eigenvalue weighted by Crippen LogP contribution is 2.38. The van der Waals surface area contributed by atoms with Crippen LogP contribution in [-0.2, 0) is 32.7 Å². The molecule has 0 radical (unpaired) electrons. The van der Waals surface area contributed by atoms with Crippen molar-refractivity contribution in [1.82, 2.24) is 0 Å². The van der Waals surface area contributed by atoms with E-state index in [2.05, 4.69) is 26.0 Å². The van der Waals surface area contributed by atoms with Gasteiger partial charge in [0.15, 0.2) is 6.10 Å². The van der Waals surface area contributed by atoms with E-state index in [-0.39, 0.29) is 26.1 Å². The minimum Gasteiger partial charge on any atom is -0.756 e. The molecule has 0 N–H and O–H groups in total. The van der Waals surface area contributed by atoms with E-state index in [1.807, 2.05) is 21.1 Å². The second-order valence-corrected chi connectivity index (χ2v) is 20.0. The number of phosphoric ester groups is 1. The van der Waals surface area contributed by atoms with Crippen LogP contribution in [0.1, 0.15) is 245 Å². The van der Waals surface area contributed by atoms with E-state index in [0.717, 1.165) is 44.9 Å². The fourth-order valence-electron chi connectivity index (χ4n) is 7.30. The van der Waals surface area contributed by atoms with Crippen LogP contribution in [0.4, 0.5) is 0 Å². The number of nitrogens with zero attached hydrogens (tertiary/aromatic N) is 1. The number of hydrogen-bond acceptors (Lipinski definition) is 8. The van der Waals surface area contributed by atoms with Crippen molar-refractivity contribution in [1.29, 1.82) is 0 Å². The van der Waals surface area contributed by atoms with Crippen LogP contribution in [0.3, 0.4) is 0 Å². The van der Waals surface area contributed by atoms with Crippen molar-refractivity contribution in [2.45, 2.75) is 251 Å². The lowest BCUT2D eigenvalue weighted by atomic mass is 10.0. The standard InChI is InChI=1S/C50H98NO8P/c1-6-8-10-12-13-14-15-16-17-18-19-20-21-22-23-24-25-26-27-28-29-30-31-32-33-34-35-36-37-39-41-43-50(53)59-48(46-56-49(52)42-40-38-11-9-7-2)47-58-60(54,55)57-45-44-51(3,4)5/h18-19,48H,6-17,20-47H2,1-5H3/b19-18-. The van der Waals surface area contributed by atoms with Gasteiger partial charge in [-0.05, 0) is 38.5 Å². The van der Waals surface area contributed by atoms with Crippen LogP contribution >= 0.6 is 7.82 Å². The van der Waals surface area contributed by atoms with E-state index in [4.69, 9.17) is 18.5 Å². The Morgan fingerprint density at radius 3 is 1.23 bits per heavy atom. The van der Waals surface area contributed by atoms with Crippen molar-refractivity contribution in [3.05, 3.63) is 12.2 Å². The molecule has 0 spiro atoms. The first-order chi connectivity index (χ1) is 29.0. The second-order valence-electron chi connectivity index (χ2n) is 18.5. The molecule has 0 aromatic heterocycles. The van der Waals surface area contributed by atoms with E-state index in [1.165, 1.54) is 167 Å². The molecule has 0 saturated heterocycles. The summed E-state index contributed by atoms with van der Waals surface area (Å²) in [4.78, 5) is 37.2. The lowest BCUT2D eigenvalue weighted by Crippen LogP contribution is -2.37. The van der Waals surface area contributed by atoms with Crippen molar-refractivity contribution < 1.29 is 42.1 Å². The third kappa shape index (κ3) is 46.3. The average Bonchev–Trinajstić information content (AvgIpc) is 3.20. The van der Waals surface area contributed by atoms with Gasteiger partial charge in [-0.15, -0.1) is 0 Å². The van der Waals surface area contributed by atoms with E-state index in [0.29, 0.717) is 17.4 Å². The number of rotatable bonds is 47. The molecule has 0 bridgehead atoms. The van der Waals surface area contributed by atoms with Gasteiger partial charge in [0.05, 0.1) is 27.7 Å². The normalized spacial score (nSPS) is 13.5. The van der Waals surface area contributed by atoms with Gasteiger partial charge in [-0.2, -0.15) is 0 Å². The Labute approximate surface area is 371 Å². The minimum absolute atomic E-state index is 0.0274. The number of quaternary nitrogens is 1. The number of ether oxygens (including phenoxy) is 2. The lowest BCUT2D eigenvalue weighted by molar-refractivity contribution is -0.870. The predicted molar refractivity (Wildman–Crippen MR) is 250 cm³/mol. The summed E-state index contributed by atoms with van der Waals surface area (Å²) in [5, 5.41) is 0. The van der Waals surface area contributed by atoms with Gasteiger partial charge in [0.1, 0.15) is 19.8 Å². The smallest absolute Gasteiger partial charge is 0.306 e. The van der Waals surface area contributed by atoms with Crippen LogP contribution in [0, 0.1) is 0 Å². The number of unbranched alkanes of at least 4 members (excludes halogenated alkanes) is 31. The maximum absolute atomic E-state index is 12.6. The van der Waals surface area contributed by atoms with E-state index >= 15 is 0 Å². The van der Waals surface area contributed by atoms with E-state index < -0.39 is 32.5 Å². The summed E-state index contributed by atoms with van der Waals surface area (Å²) in [5.41, 5.74) is 0. The second kappa shape index (κ2) is 43.0. The number of carbonyl (C=O) groups is 2. The summed E-state index contributed by atoms with van der Waals surface area (Å²) in [6.45, 7) is 4.16. The molecule has 0 aromatic carbocycles. The molecule has 2 atom stereocenters. The zero-order valence-corrected chi connectivity index (χ0v) is 41.1. The van der Waals surface area contributed by atoms with Crippen LogP contribution in [0.2, 0.25) is 0 Å². The molecule has 0 rings (SSSR count). The highest BCUT2D eigenvalue weighted by Gasteiger charge is 2.21. The van der Waals surface area contributed by atoms with Crippen LogP contribution in [0.25, 0.3) is 0 Å². The molecule has 0 fully saturated rings. The average molecular weight is 872 g/mol. The summed E-state index contributed by atoms with van der Waals surface area (Å²) in [7, 11) is 1.18. The maximum Gasteiger partial charge on any atom is 0.306 e. The van der Waals surface area contributed by atoms with Gasteiger partial charge in [0, 0.05) is 12.8 Å². The monoisotopic (exact) mass is 872 g/mol. The fraction of sp³-hybridized carbons (Fsp3) is 0.920. The van der Waals surface area contributed by atoms with Crippen LogP contribution < -0.4 is 4.89 Å². The summed E-state index contributed by atoms with van der Waals surface area (Å²) >= 11 is 0. The molecular weight excluding hydrogens is 774 g/mol. The highest BCUT2D eigenvalue weighted by atomic mass is 31.2. The maximum atomic E-state index is 12.6. The Kier molecular flexibility index (Phi) is 42.1. The van der Waals surface area contributed by atoms with Crippen LogP contribution in [-0.4, -0.2) is 70.0 Å². The first kappa shape index (κ1) is 58.8. The molecule has 10 heteroatoms. The molecule has 0 aromatic rings. The Morgan fingerprint density at radius 2 is 0.850 bits per heavy atom. The lowest BCUT2D eigenvalue weighted by Gasteiger charge is -2.28. The largest absolute Gasteiger partial charge is 0.756 e. The number of carbonyl (C=O) groups excluding carboxylic acids is 2. The topological polar surface area (TPSA) is 111 Å². The first-order valence-corrected chi connectivity index (χ1v) is 26.9. The molecule has 60 heavy (non-hydrogen) atoms. The highest BCUT2D eigenvalue weighted by molar-refractivity contribution is 7.45. The molecule has 0 amide bonds. The summed E-state index contributed by atoms with van der Waals surface area (Å²) in [6, 6.07) is 0. The molecule has 356 valence electrons. The molecule has 0 aliphatic heterocycles. The molecule has 2 unspecified atom stereocenters. The number of allylic oxidation sites excluding steroid dienone is 2. The van der Waals surface area contributed by atoms with Gasteiger partial charge < -0.3 is 27.9 Å². The van der Waals surface area contributed by atoms with Crippen molar-refractivity contribution >= 4 is 19.8 Å². The van der Waals surface area contributed by atoms with Gasteiger partial charge >= 0.3 is 11.9 Å². The first-order valence-electron chi connectivity index (χ1n) is 25.4. The summed E-state index contributed by atoms with van der Waals surface area (Å²) in [6.07, 6.45) is 47.5. The number of esters is 2. The quantitative estimate of drug-likeness (QED) is 0.0195. The Hall–Kier alpha value is -1.25. The van der Waals surface area contributed by atoms with Crippen LogP contribution in [0.15, 0.2) is 12.2 Å². The van der Waals surface area contributed by atoms with E-state index in [1.54, 1.807) is 0 Å². The zero-order chi connectivity index (χ0) is 44.3. The molecule has 0 aliphatic rings. The van der Waals surface area contributed by atoms with Crippen LogP contribution in [0.5, 0.6) is 0 Å². The predicted octanol–water partition coefficient (Wildman–Crippen LogP) is 14.3. The fourth-order valence-corrected chi connectivity index (χ4v) is 8.03. The van der Waals surface area contributed by atoms with Crippen molar-refractivity contribution in [2.24, 2.45) is 0 Å². The Morgan fingerprint density at radius 1 is 0.500 bits per heavy atom. The summed E-state index contributed by atoms with van der Waals surface area (Å²) in [5.74, 6) is -0.837. The van der Waals surface area contributed by atoms with Gasteiger partial charge in [0.2, 0.25) is 0 Å². The summed E-state index contributed by atoms with van der Waals surface area (Å²) < 4.78 is 33.7. The molecular formula is C50H98NO8P. The van der Waals surface area contributed by atoms with Gasteiger partial charge in [-0.1, -0.05) is 206 Å². The number of phosphoric acid groups is 1. The van der Waals surface area contributed by atoms with Gasteiger partial charge in [-0.25, -0.2) is 0 Å². The van der Waals surface area contributed by atoms with Crippen molar-refractivity contribution in [3.8, 4) is 0 Å². The Balaban J connectivity index is 3.84. The number of likely N-dealkylation sites (N-methyl/N-ethyl adjacent to an activating group) is 1. The van der Waals surface area contributed by atoms with E-state index in [9.17, 15) is 19.0 Å². The molecule has 0 heterocycles. The van der Waals surface area contributed by atoms with Crippen molar-refractivity contribution in [3.63, 3.8) is 0 Å². The molecule has 9 nitrogen and oxygen atoms in total. The third-order valence-electron chi connectivity index (χ3n) is 11.3.